The molecule has 3 heterocycles. The Morgan fingerprint density at radius 3 is 2.40 bits per heavy atom. The number of hydrogen-bond donors (Lipinski definition) is 2. The van der Waals surface area contributed by atoms with Crippen LogP contribution in [0.25, 0.3) is 11.0 Å². The van der Waals surface area contributed by atoms with Gasteiger partial charge >= 0.3 is 5.97 Å². The lowest BCUT2D eigenvalue weighted by atomic mass is 9.78. The first-order valence-corrected chi connectivity index (χ1v) is 16.1. The molecule has 1 atom stereocenters. The van der Waals surface area contributed by atoms with Crippen LogP contribution in [0.4, 0.5) is 0 Å². The molecule has 3 amide bonds. The number of methoxy groups -OCH3 is 1. The maximum absolute atomic E-state index is 13.7. The molecule has 12 heteroatoms. The molecule has 0 aliphatic carbocycles. The normalized spacial score (nSPS) is 18.6. The molecule has 1 aromatic heterocycles. The van der Waals surface area contributed by atoms with Gasteiger partial charge in [0.05, 0.1) is 34.4 Å². The highest BCUT2D eigenvalue weighted by atomic mass is 16.5. The van der Waals surface area contributed by atoms with E-state index in [0.717, 1.165) is 17.0 Å². The Morgan fingerprint density at radius 1 is 0.957 bits per heavy atom. The predicted molar refractivity (Wildman–Crippen MR) is 176 cm³/mol. The summed E-state index contributed by atoms with van der Waals surface area (Å²) in [5.41, 5.74) is 3.20. The zero-order chi connectivity index (χ0) is 33.8. The average Bonchev–Trinajstić information content (AvgIpc) is 3.06. The molecule has 252 valence electrons. The van der Waals surface area contributed by atoms with E-state index < -0.39 is 11.4 Å². The Balaban J connectivity index is 1.55. The third-order valence-electron chi connectivity index (χ3n) is 8.32. The van der Waals surface area contributed by atoms with Gasteiger partial charge in [0.15, 0.2) is 6.61 Å². The molecule has 0 radical (unpaired) electrons. The Bertz CT molecular complexity index is 1560. The van der Waals surface area contributed by atoms with Gasteiger partial charge in [-0.25, -0.2) is 9.97 Å². The largest absolute Gasteiger partial charge is 0.484 e. The number of fused-ring (bicyclic) bond motifs is 18. The molecule has 2 aromatic carbocycles. The molecule has 0 fully saturated rings. The maximum atomic E-state index is 13.7. The van der Waals surface area contributed by atoms with E-state index in [0.29, 0.717) is 74.3 Å². The first kappa shape index (κ1) is 35.3. The minimum atomic E-state index is -1.07. The van der Waals surface area contributed by atoms with Gasteiger partial charge in [-0.3, -0.25) is 19.2 Å². The van der Waals surface area contributed by atoms with Crippen molar-refractivity contribution in [2.45, 2.75) is 52.9 Å². The zero-order valence-corrected chi connectivity index (χ0v) is 27.7. The van der Waals surface area contributed by atoms with Crippen molar-refractivity contribution in [2.75, 3.05) is 53.1 Å². The van der Waals surface area contributed by atoms with Crippen LogP contribution in [-0.4, -0.2) is 91.7 Å². The van der Waals surface area contributed by atoms with Crippen molar-refractivity contribution in [1.29, 1.82) is 0 Å². The molecule has 12 nitrogen and oxygen atoms in total. The standard InChI is InChI=1S/C35H45N5O7/c1-5-46-34(44)35(15-19-45-4)21-26-9-12-28(13-10-26)47-22-32(42)36-16-7-18-40(17-6-8-31(41)37-23-35)33(43)27-11-14-29-30(20-27)39-25(3)24(2)38-29/h9-14,20H,5-8,15-19,21-23H2,1-4H3,(H,36,42)(H,37,41). The van der Waals surface area contributed by atoms with E-state index in [1.165, 1.54) is 0 Å². The number of amides is 3. The number of benzene rings is 2. The zero-order valence-electron chi connectivity index (χ0n) is 27.7. The van der Waals surface area contributed by atoms with Crippen LogP contribution < -0.4 is 15.4 Å². The number of carbonyl (C=O) groups is 4. The van der Waals surface area contributed by atoms with Crippen LogP contribution >= 0.6 is 0 Å². The van der Waals surface area contributed by atoms with E-state index in [4.69, 9.17) is 14.2 Å². The summed E-state index contributed by atoms with van der Waals surface area (Å²) in [6.45, 7) is 6.94. The van der Waals surface area contributed by atoms with Gasteiger partial charge in [-0.05, 0) is 82.3 Å². The van der Waals surface area contributed by atoms with Crippen LogP contribution in [0, 0.1) is 19.3 Å². The van der Waals surface area contributed by atoms with Gasteiger partial charge in [-0.15, -0.1) is 0 Å². The molecule has 2 aliphatic heterocycles. The number of nitrogens with one attached hydrogen (secondary N) is 2. The van der Waals surface area contributed by atoms with Crippen molar-refractivity contribution in [3.05, 3.63) is 65.0 Å². The van der Waals surface area contributed by atoms with E-state index in [2.05, 4.69) is 20.6 Å². The molecule has 47 heavy (non-hydrogen) atoms. The minimum absolute atomic E-state index is 0.0616. The SMILES string of the molecule is CCOC(=O)C1(CCOC)CNC(=O)CCCN(C(=O)c2ccc3nc(C)c(C)nc3c2)CCCNC(=O)COc2ccc(cc2)C1. The number of aromatic nitrogens is 2. The summed E-state index contributed by atoms with van der Waals surface area (Å²) in [4.78, 5) is 63.6. The summed E-state index contributed by atoms with van der Waals surface area (Å²) in [5, 5.41) is 5.80. The summed E-state index contributed by atoms with van der Waals surface area (Å²) in [6.07, 6.45) is 1.69. The molecule has 5 rings (SSSR count). The van der Waals surface area contributed by atoms with Crippen LogP contribution in [0.5, 0.6) is 5.75 Å². The van der Waals surface area contributed by atoms with Gasteiger partial charge in [-0.1, -0.05) is 12.1 Å². The molecule has 2 N–H and O–H groups in total. The van der Waals surface area contributed by atoms with E-state index in [-0.39, 0.29) is 43.9 Å². The monoisotopic (exact) mass is 647 g/mol. The highest BCUT2D eigenvalue weighted by Gasteiger charge is 2.40. The fourth-order valence-electron chi connectivity index (χ4n) is 5.51. The molecule has 0 saturated heterocycles. The number of nitrogens with zero attached hydrogens (tertiary/aromatic N) is 3. The van der Waals surface area contributed by atoms with E-state index in [1.54, 1.807) is 49.3 Å². The van der Waals surface area contributed by atoms with E-state index in [1.807, 2.05) is 26.0 Å². The topological polar surface area (TPSA) is 149 Å². The number of carbonyl (C=O) groups excluding carboxylic acids is 4. The van der Waals surface area contributed by atoms with Gasteiger partial charge in [-0.2, -0.15) is 0 Å². The van der Waals surface area contributed by atoms with Crippen molar-refractivity contribution in [3.8, 4) is 5.75 Å². The highest BCUT2D eigenvalue weighted by Crippen LogP contribution is 2.30. The molecule has 0 saturated carbocycles. The van der Waals surface area contributed by atoms with Crippen LogP contribution in [0.1, 0.15) is 59.9 Å². The first-order chi connectivity index (χ1) is 22.6. The van der Waals surface area contributed by atoms with E-state index in [9.17, 15) is 19.2 Å². The van der Waals surface area contributed by atoms with Gasteiger partial charge in [0.25, 0.3) is 11.8 Å². The highest BCUT2D eigenvalue weighted by molar-refractivity contribution is 5.97. The second kappa shape index (κ2) is 16.8. The minimum Gasteiger partial charge on any atom is -0.484 e. The Labute approximate surface area is 275 Å². The smallest absolute Gasteiger partial charge is 0.314 e. The first-order valence-electron chi connectivity index (χ1n) is 16.1. The molecule has 2 aliphatic rings. The lowest BCUT2D eigenvalue weighted by molar-refractivity contribution is -0.156. The number of rotatable bonds is 6. The van der Waals surface area contributed by atoms with Crippen molar-refractivity contribution >= 4 is 34.7 Å². The van der Waals surface area contributed by atoms with Gasteiger partial charge < -0.3 is 29.7 Å². The second-order valence-electron chi connectivity index (χ2n) is 11.8. The number of hydrogen-bond acceptors (Lipinski definition) is 9. The fourth-order valence-corrected chi connectivity index (χ4v) is 5.51. The lowest BCUT2D eigenvalue weighted by Crippen LogP contribution is -2.46. The van der Waals surface area contributed by atoms with Gasteiger partial charge in [0, 0.05) is 51.9 Å². The summed E-state index contributed by atoms with van der Waals surface area (Å²) in [5.74, 6) is -0.627. The molecular weight excluding hydrogens is 602 g/mol. The fraction of sp³-hybridized carbons (Fsp3) is 0.486. The molecule has 2 bridgehead atoms. The van der Waals surface area contributed by atoms with Crippen molar-refractivity contribution in [3.63, 3.8) is 0 Å². The van der Waals surface area contributed by atoms with Crippen molar-refractivity contribution < 1.29 is 33.4 Å². The molecular formula is C35H45N5O7. The Kier molecular flexibility index (Phi) is 12.6. The maximum Gasteiger partial charge on any atom is 0.314 e. The third-order valence-corrected chi connectivity index (χ3v) is 8.32. The third kappa shape index (κ3) is 9.71. The van der Waals surface area contributed by atoms with Crippen molar-refractivity contribution in [2.24, 2.45) is 5.41 Å². The molecule has 0 spiro atoms. The number of aryl methyl sites for hydroxylation is 2. The average molecular weight is 648 g/mol. The second-order valence-corrected chi connectivity index (χ2v) is 11.8. The number of esters is 1. The lowest BCUT2D eigenvalue weighted by Gasteiger charge is -2.32. The Morgan fingerprint density at radius 2 is 1.68 bits per heavy atom. The van der Waals surface area contributed by atoms with Gasteiger partial charge in [0.2, 0.25) is 5.91 Å². The van der Waals surface area contributed by atoms with E-state index >= 15 is 0 Å². The Hall–Kier alpha value is -4.58. The summed E-state index contributed by atoms with van der Waals surface area (Å²) < 4.78 is 16.5. The summed E-state index contributed by atoms with van der Waals surface area (Å²) in [7, 11) is 1.56. The molecule has 1 unspecified atom stereocenters. The van der Waals surface area contributed by atoms with Crippen LogP contribution in [-0.2, 0) is 30.3 Å². The van der Waals surface area contributed by atoms with Crippen LogP contribution in [0.2, 0.25) is 0 Å². The quantitative estimate of drug-likeness (QED) is 0.385. The van der Waals surface area contributed by atoms with Gasteiger partial charge in [0.1, 0.15) is 5.75 Å². The summed E-state index contributed by atoms with van der Waals surface area (Å²) >= 11 is 0. The van der Waals surface area contributed by atoms with Crippen LogP contribution in [0.3, 0.4) is 0 Å². The predicted octanol–water partition coefficient (Wildman–Crippen LogP) is 3.31. The molecule has 3 aromatic rings. The van der Waals surface area contributed by atoms with Crippen molar-refractivity contribution in [1.82, 2.24) is 25.5 Å². The van der Waals surface area contributed by atoms with Crippen LogP contribution in [0.15, 0.2) is 42.5 Å². The number of ether oxygens (including phenoxy) is 3. The summed E-state index contributed by atoms with van der Waals surface area (Å²) in [6, 6.07) is 12.4.